The molecule has 0 bridgehead atoms. The Bertz CT molecular complexity index is 3150. The van der Waals surface area contributed by atoms with Crippen LogP contribution in [0, 0.1) is 13.8 Å². The molecule has 0 radical (unpaired) electrons. The fourth-order valence-corrected chi connectivity index (χ4v) is 10.4. The number of hydrogen-bond acceptors (Lipinski definition) is 1. The zero-order valence-electron chi connectivity index (χ0n) is 35.3. The molecule has 0 aliphatic heterocycles. The summed E-state index contributed by atoms with van der Waals surface area (Å²) in [6.07, 6.45) is 6.77. The maximum atomic E-state index is 2.53. The predicted octanol–water partition coefficient (Wildman–Crippen LogP) is 16.0. The van der Waals surface area contributed by atoms with Crippen LogP contribution in [0.4, 0.5) is 17.1 Å². The number of hydrogen-bond donors (Lipinski definition) is 0. The van der Waals surface area contributed by atoms with E-state index in [9.17, 15) is 0 Å². The highest BCUT2D eigenvalue weighted by Crippen LogP contribution is 2.54. The Hall–Kier alpha value is -7.16. The van der Waals surface area contributed by atoms with E-state index in [-0.39, 0.29) is 5.41 Å². The fraction of sp³-hybridized carbons (Fsp3) is 0.119. The van der Waals surface area contributed by atoms with Crippen molar-refractivity contribution in [3.63, 3.8) is 0 Å². The molecular formula is C59H48N2. The zero-order valence-corrected chi connectivity index (χ0v) is 35.3. The van der Waals surface area contributed by atoms with Gasteiger partial charge in [0.1, 0.15) is 0 Å². The molecule has 61 heavy (non-hydrogen) atoms. The Balaban J connectivity index is 1.05. The van der Waals surface area contributed by atoms with Gasteiger partial charge in [0.2, 0.25) is 0 Å². The molecule has 9 aromatic rings. The highest BCUT2D eigenvalue weighted by Gasteiger charge is 2.37. The Morgan fingerprint density at radius 1 is 0.508 bits per heavy atom. The largest absolute Gasteiger partial charge is 0.313 e. The summed E-state index contributed by atoms with van der Waals surface area (Å²) in [5.74, 6) is 0. The molecule has 8 aromatic carbocycles. The zero-order chi connectivity index (χ0) is 41.2. The molecular weight excluding hydrogens is 737 g/mol. The van der Waals surface area contributed by atoms with E-state index in [2.05, 4.69) is 231 Å². The first-order valence-electron chi connectivity index (χ1n) is 21.7. The van der Waals surface area contributed by atoms with Crippen LogP contribution in [-0.4, -0.2) is 4.57 Å². The van der Waals surface area contributed by atoms with Crippen molar-refractivity contribution >= 4 is 34.0 Å². The lowest BCUT2D eigenvalue weighted by Crippen LogP contribution is -2.16. The standard InChI is InChI=1S/C59H48N2/c1-39-17-15-24-48(56(39)47-37-38-50-49-22-12-14-27-54(49)61(58(50)40(47)2)44-20-9-6-10-21-44)43-31-35-46(36-32-43)60(45-33-29-42(30-34-45)41-18-7-5-8-19-41)55-28-16-26-53-57(55)51-23-11-13-25-52(51)59(53,3)4/h5-13,15-26,28-38H,14,27H2,1-4H3. The van der Waals surface area contributed by atoms with E-state index in [4.69, 9.17) is 0 Å². The van der Waals surface area contributed by atoms with Gasteiger partial charge < -0.3 is 9.47 Å². The number of aryl methyl sites for hydroxylation is 2. The first-order valence-corrected chi connectivity index (χ1v) is 21.7. The molecule has 2 aliphatic carbocycles. The van der Waals surface area contributed by atoms with Crippen molar-refractivity contribution in [1.82, 2.24) is 4.57 Å². The lowest BCUT2D eigenvalue weighted by atomic mass is 9.82. The Labute approximate surface area is 359 Å². The number of para-hydroxylation sites is 1. The number of allylic oxidation sites excluding steroid dienone is 1. The summed E-state index contributed by atoms with van der Waals surface area (Å²) in [7, 11) is 0. The van der Waals surface area contributed by atoms with Crippen LogP contribution in [0.2, 0.25) is 0 Å². The van der Waals surface area contributed by atoms with E-state index in [0.29, 0.717) is 0 Å². The molecule has 0 spiro atoms. The van der Waals surface area contributed by atoms with Crippen molar-refractivity contribution in [2.45, 2.75) is 46.0 Å². The maximum absolute atomic E-state index is 2.53. The third-order valence-electron chi connectivity index (χ3n) is 13.4. The molecule has 0 N–H and O–H groups in total. The van der Waals surface area contributed by atoms with Gasteiger partial charge in [0, 0.05) is 44.7 Å². The second-order valence-electron chi connectivity index (χ2n) is 17.3. The number of benzene rings is 8. The maximum Gasteiger partial charge on any atom is 0.0573 e. The van der Waals surface area contributed by atoms with E-state index in [1.54, 1.807) is 0 Å². The van der Waals surface area contributed by atoms with E-state index < -0.39 is 0 Å². The normalized spacial score (nSPS) is 13.5. The van der Waals surface area contributed by atoms with Crippen molar-refractivity contribution in [3.05, 3.63) is 222 Å². The van der Waals surface area contributed by atoms with E-state index in [1.807, 2.05) is 0 Å². The van der Waals surface area contributed by atoms with Crippen molar-refractivity contribution < 1.29 is 0 Å². The minimum atomic E-state index is -0.101. The van der Waals surface area contributed by atoms with Gasteiger partial charge in [-0.15, -0.1) is 0 Å². The van der Waals surface area contributed by atoms with Crippen LogP contribution < -0.4 is 4.90 Å². The Morgan fingerprint density at radius 2 is 1.13 bits per heavy atom. The number of anilines is 3. The molecule has 0 unspecified atom stereocenters. The van der Waals surface area contributed by atoms with Gasteiger partial charge >= 0.3 is 0 Å². The number of rotatable bonds is 7. The quantitative estimate of drug-likeness (QED) is 0.156. The molecule has 1 heterocycles. The van der Waals surface area contributed by atoms with Crippen molar-refractivity contribution in [2.75, 3.05) is 4.90 Å². The van der Waals surface area contributed by atoms with Gasteiger partial charge in [-0.2, -0.15) is 0 Å². The van der Waals surface area contributed by atoms with Crippen molar-refractivity contribution in [3.8, 4) is 50.2 Å². The topological polar surface area (TPSA) is 8.17 Å². The lowest BCUT2D eigenvalue weighted by molar-refractivity contribution is 0.660. The van der Waals surface area contributed by atoms with Gasteiger partial charge in [-0.05, 0) is 130 Å². The summed E-state index contributed by atoms with van der Waals surface area (Å²) in [5.41, 5.74) is 24.0. The van der Waals surface area contributed by atoms with Crippen LogP contribution in [0.3, 0.4) is 0 Å². The smallest absolute Gasteiger partial charge is 0.0573 e. The Morgan fingerprint density at radius 3 is 1.89 bits per heavy atom. The number of aromatic nitrogens is 1. The summed E-state index contributed by atoms with van der Waals surface area (Å²) in [4.78, 5) is 2.46. The molecule has 0 fully saturated rings. The van der Waals surface area contributed by atoms with Gasteiger partial charge in [-0.3, -0.25) is 0 Å². The summed E-state index contributed by atoms with van der Waals surface area (Å²) >= 11 is 0. The van der Waals surface area contributed by atoms with Crippen LogP contribution >= 0.6 is 0 Å². The molecule has 0 saturated carbocycles. The SMILES string of the molecule is Cc1cccc(-c2ccc(N(c3ccc(-c4ccccc4)cc3)c3cccc4c3-c3ccccc3C4(C)C)cc2)c1-c1ccc2c3c(n(-c4ccccc4)c2c1C)CCC=C3. The van der Waals surface area contributed by atoms with Crippen LogP contribution in [0.1, 0.15) is 53.8 Å². The average molecular weight is 785 g/mol. The summed E-state index contributed by atoms with van der Waals surface area (Å²) in [6.45, 7) is 9.30. The predicted molar refractivity (Wildman–Crippen MR) is 259 cm³/mol. The van der Waals surface area contributed by atoms with Gasteiger partial charge in [0.15, 0.2) is 0 Å². The lowest BCUT2D eigenvalue weighted by Gasteiger charge is -2.29. The van der Waals surface area contributed by atoms with E-state index in [1.165, 1.54) is 100 Å². The minimum Gasteiger partial charge on any atom is -0.313 e. The van der Waals surface area contributed by atoms with Crippen LogP contribution in [0.25, 0.3) is 67.2 Å². The fourth-order valence-electron chi connectivity index (χ4n) is 10.4. The third-order valence-corrected chi connectivity index (χ3v) is 13.4. The molecule has 2 heteroatoms. The van der Waals surface area contributed by atoms with Crippen molar-refractivity contribution in [2.24, 2.45) is 0 Å². The minimum absolute atomic E-state index is 0.101. The highest BCUT2D eigenvalue weighted by atomic mass is 15.1. The van der Waals surface area contributed by atoms with Crippen molar-refractivity contribution in [1.29, 1.82) is 0 Å². The second kappa shape index (κ2) is 14.5. The summed E-state index contributed by atoms with van der Waals surface area (Å²) in [6, 6.07) is 67.2. The Kier molecular flexibility index (Phi) is 8.79. The first-order chi connectivity index (χ1) is 29.9. The molecule has 0 saturated heterocycles. The molecule has 0 amide bonds. The van der Waals surface area contributed by atoms with Gasteiger partial charge in [-0.1, -0.05) is 166 Å². The van der Waals surface area contributed by atoms with E-state index in [0.717, 1.165) is 24.2 Å². The van der Waals surface area contributed by atoms with Crippen LogP contribution in [0.5, 0.6) is 0 Å². The first kappa shape index (κ1) is 36.9. The molecule has 0 atom stereocenters. The highest BCUT2D eigenvalue weighted by molar-refractivity contribution is 6.01. The number of nitrogens with zero attached hydrogens (tertiary/aromatic N) is 2. The molecule has 294 valence electrons. The molecule has 2 aliphatic rings. The molecule has 1 aromatic heterocycles. The van der Waals surface area contributed by atoms with Crippen LogP contribution in [-0.2, 0) is 11.8 Å². The molecule has 11 rings (SSSR count). The summed E-state index contributed by atoms with van der Waals surface area (Å²) in [5, 5.41) is 1.32. The molecule has 2 nitrogen and oxygen atoms in total. The van der Waals surface area contributed by atoms with Gasteiger partial charge in [0.05, 0.1) is 11.2 Å². The van der Waals surface area contributed by atoms with Gasteiger partial charge in [0.25, 0.3) is 0 Å². The average Bonchev–Trinajstić information content (AvgIpc) is 3.77. The third kappa shape index (κ3) is 5.92. The van der Waals surface area contributed by atoms with E-state index >= 15 is 0 Å². The monoisotopic (exact) mass is 784 g/mol. The summed E-state index contributed by atoms with van der Waals surface area (Å²) < 4.78 is 2.53. The van der Waals surface area contributed by atoms with Crippen LogP contribution in [0.15, 0.2) is 188 Å². The van der Waals surface area contributed by atoms with Gasteiger partial charge in [-0.25, -0.2) is 0 Å². The second-order valence-corrected chi connectivity index (χ2v) is 17.3. The number of fused-ring (bicyclic) bond motifs is 6.